The second-order valence-corrected chi connectivity index (χ2v) is 4.18. The van der Waals surface area contributed by atoms with Crippen LogP contribution >= 0.6 is 0 Å². The highest BCUT2D eigenvalue weighted by Crippen LogP contribution is 2.14. The molecule has 0 aliphatic heterocycles. The Morgan fingerprint density at radius 1 is 1.21 bits per heavy atom. The molecule has 104 valence electrons. The summed E-state index contributed by atoms with van der Waals surface area (Å²) in [6, 6.07) is 5.61. The smallest absolute Gasteiger partial charge is 0.317 e. The first kappa shape index (κ1) is 15.1. The minimum Gasteiger partial charge on any atom is -0.480 e. The van der Waals surface area contributed by atoms with Gasteiger partial charge in [-0.25, -0.2) is 4.39 Å². The lowest BCUT2D eigenvalue weighted by Gasteiger charge is -2.23. The van der Waals surface area contributed by atoms with Gasteiger partial charge in [-0.1, -0.05) is 0 Å². The Kier molecular flexibility index (Phi) is 5.44. The average Bonchev–Trinajstić information content (AvgIpc) is 2.31. The summed E-state index contributed by atoms with van der Waals surface area (Å²) in [6.45, 7) is 2.04. The van der Waals surface area contributed by atoms with Crippen molar-refractivity contribution in [2.24, 2.45) is 0 Å². The molecule has 0 heterocycles. The number of rotatable bonds is 6. The molecule has 1 N–H and O–H groups in total. The van der Waals surface area contributed by atoms with E-state index in [0.29, 0.717) is 12.2 Å². The van der Waals surface area contributed by atoms with Crippen LogP contribution in [0.5, 0.6) is 0 Å². The van der Waals surface area contributed by atoms with Crippen molar-refractivity contribution in [3.05, 3.63) is 30.1 Å². The molecule has 0 atom stereocenters. The number of aliphatic carboxylic acids is 1. The fourth-order valence-corrected chi connectivity index (χ4v) is 1.73. The molecule has 5 nitrogen and oxygen atoms in total. The van der Waals surface area contributed by atoms with Gasteiger partial charge in [0.15, 0.2) is 0 Å². The predicted molar refractivity (Wildman–Crippen MR) is 69.6 cm³/mol. The predicted octanol–water partition coefficient (Wildman–Crippen LogP) is 1.19. The number of amides is 1. The summed E-state index contributed by atoms with van der Waals surface area (Å²) in [5.74, 6) is -1.58. The van der Waals surface area contributed by atoms with E-state index in [9.17, 15) is 14.0 Å². The molecule has 0 aliphatic carbocycles. The van der Waals surface area contributed by atoms with Crippen molar-refractivity contribution in [3.8, 4) is 0 Å². The van der Waals surface area contributed by atoms with Crippen molar-refractivity contribution in [1.29, 1.82) is 0 Å². The molecule has 0 aromatic heterocycles. The van der Waals surface area contributed by atoms with Gasteiger partial charge in [0.05, 0.1) is 13.1 Å². The van der Waals surface area contributed by atoms with Crippen LogP contribution in [0, 0.1) is 5.82 Å². The molecule has 0 saturated heterocycles. The van der Waals surface area contributed by atoms with Crippen molar-refractivity contribution < 1.29 is 19.1 Å². The molecule has 0 unspecified atom stereocenters. The summed E-state index contributed by atoms with van der Waals surface area (Å²) < 4.78 is 12.8. The first-order chi connectivity index (χ1) is 8.93. The van der Waals surface area contributed by atoms with E-state index in [0.717, 1.165) is 0 Å². The van der Waals surface area contributed by atoms with Crippen LogP contribution in [-0.4, -0.2) is 48.6 Å². The summed E-state index contributed by atoms with van der Waals surface area (Å²) in [7, 11) is 1.56. The fourth-order valence-electron chi connectivity index (χ4n) is 1.73. The third-order valence-corrected chi connectivity index (χ3v) is 2.57. The van der Waals surface area contributed by atoms with Gasteiger partial charge in [-0.3, -0.25) is 14.5 Å². The quantitative estimate of drug-likeness (QED) is 0.842. The molecule has 1 aromatic rings. The van der Waals surface area contributed by atoms with Crippen LogP contribution < -0.4 is 4.90 Å². The highest BCUT2D eigenvalue weighted by molar-refractivity contribution is 5.94. The molecule has 0 radical (unpaired) electrons. The normalized spacial score (nSPS) is 10.5. The van der Waals surface area contributed by atoms with E-state index >= 15 is 0 Å². The molecule has 0 saturated carbocycles. The molecule has 0 fully saturated rings. The minimum atomic E-state index is -0.986. The van der Waals surface area contributed by atoms with Crippen molar-refractivity contribution >= 4 is 17.6 Å². The third kappa shape index (κ3) is 4.67. The Labute approximate surface area is 111 Å². The van der Waals surface area contributed by atoms with E-state index in [2.05, 4.69) is 0 Å². The Balaban J connectivity index is 2.71. The molecule has 1 amide bonds. The van der Waals surface area contributed by atoms with E-state index in [1.165, 1.54) is 34.1 Å². The number of halogens is 1. The Morgan fingerprint density at radius 2 is 1.79 bits per heavy atom. The van der Waals surface area contributed by atoms with Crippen molar-refractivity contribution in [1.82, 2.24) is 4.90 Å². The van der Waals surface area contributed by atoms with Crippen LogP contribution in [0.2, 0.25) is 0 Å². The topological polar surface area (TPSA) is 60.9 Å². The number of carbonyl (C=O) groups is 2. The molecule has 0 bridgehead atoms. The summed E-state index contributed by atoms with van der Waals surface area (Å²) in [5, 5.41) is 8.63. The summed E-state index contributed by atoms with van der Waals surface area (Å²) >= 11 is 0. The zero-order chi connectivity index (χ0) is 14.4. The number of benzene rings is 1. The van der Waals surface area contributed by atoms with Gasteiger partial charge < -0.3 is 10.0 Å². The van der Waals surface area contributed by atoms with Gasteiger partial charge >= 0.3 is 5.97 Å². The number of likely N-dealkylation sites (N-methyl/N-ethyl adjacent to an activating group) is 2. The Hall–Kier alpha value is -1.95. The molecule has 19 heavy (non-hydrogen) atoms. The summed E-state index contributed by atoms with van der Waals surface area (Å²) in [6.07, 6.45) is 0. The Bertz CT molecular complexity index is 448. The number of hydrogen-bond acceptors (Lipinski definition) is 3. The number of nitrogens with zero attached hydrogens (tertiary/aromatic N) is 2. The van der Waals surface area contributed by atoms with Crippen LogP contribution in [0.4, 0.5) is 10.1 Å². The Morgan fingerprint density at radius 3 is 2.26 bits per heavy atom. The largest absolute Gasteiger partial charge is 0.480 e. The molecule has 0 spiro atoms. The van der Waals surface area contributed by atoms with Gasteiger partial charge in [0.2, 0.25) is 5.91 Å². The minimum absolute atomic E-state index is 0.00246. The SMILES string of the molecule is CCN(C(=O)CN(C)CC(=O)O)c1ccc(F)cc1. The zero-order valence-electron chi connectivity index (χ0n) is 11.0. The number of carboxylic acids is 1. The number of carboxylic acid groups (broad SMARTS) is 1. The summed E-state index contributed by atoms with van der Waals surface area (Å²) in [4.78, 5) is 25.5. The molecule has 1 aromatic carbocycles. The number of carbonyl (C=O) groups excluding carboxylic acids is 1. The second-order valence-electron chi connectivity index (χ2n) is 4.18. The van der Waals surface area contributed by atoms with Crippen molar-refractivity contribution in [3.63, 3.8) is 0 Å². The van der Waals surface area contributed by atoms with Crippen LogP contribution in [0.25, 0.3) is 0 Å². The van der Waals surface area contributed by atoms with E-state index in [4.69, 9.17) is 5.11 Å². The van der Waals surface area contributed by atoms with E-state index in [1.807, 2.05) is 0 Å². The number of anilines is 1. The fraction of sp³-hybridized carbons (Fsp3) is 0.385. The monoisotopic (exact) mass is 268 g/mol. The van der Waals surface area contributed by atoms with Gasteiger partial charge in [0.1, 0.15) is 5.82 Å². The third-order valence-electron chi connectivity index (χ3n) is 2.57. The maximum absolute atomic E-state index is 12.8. The molecular formula is C13H17FN2O3. The van der Waals surface area contributed by atoms with Crippen molar-refractivity contribution in [2.75, 3.05) is 31.6 Å². The van der Waals surface area contributed by atoms with Gasteiger partial charge in [-0.2, -0.15) is 0 Å². The second kappa shape index (κ2) is 6.84. The first-order valence-electron chi connectivity index (χ1n) is 5.90. The molecule has 0 aliphatic rings. The average molecular weight is 268 g/mol. The van der Waals surface area contributed by atoms with Crippen LogP contribution in [0.1, 0.15) is 6.92 Å². The maximum atomic E-state index is 12.8. The van der Waals surface area contributed by atoms with Crippen LogP contribution in [-0.2, 0) is 9.59 Å². The lowest BCUT2D eigenvalue weighted by molar-refractivity contribution is -0.138. The van der Waals surface area contributed by atoms with Crippen LogP contribution in [0.3, 0.4) is 0 Å². The molecule has 1 rings (SSSR count). The molecule has 6 heteroatoms. The van der Waals surface area contributed by atoms with Gasteiger partial charge in [-0.15, -0.1) is 0 Å². The van der Waals surface area contributed by atoms with E-state index < -0.39 is 5.97 Å². The molecular weight excluding hydrogens is 251 g/mol. The van der Waals surface area contributed by atoms with Gasteiger partial charge in [0, 0.05) is 12.2 Å². The number of hydrogen-bond donors (Lipinski definition) is 1. The maximum Gasteiger partial charge on any atom is 0.317 e. The first-order valence-corrected chi connectivity index (χ1v) is 5.90. The highest BCUT2D eigenvalue weighted by Gasteiger charge is 2.17. The lowest BCUT2D eigenvalue weighted by Crippen LogP contribution is -2.40. The van der Waals surface area contributed by atoms with Gasteiger partial charge in [0.25, 0.3) is 0 Å². The summed E-state index contributed by atoms with van der Waals surface area (Å²) in [5.41, 5.74) is 0.595. The van der Waals surface area contributed by atoms with E-state index in [-0.39, 0.29) is 24.8 Å². The van der Waals surface area contributed by atoms with Gasteiger partial charge in [-0.05, 0) is 38.2 Å². The van der Waals surface area contributed by atoms with Crippen molar-refractivity contribution in [2.45, 2.75) is 6.92 Å². The standard InChI is InChI=1S/C13H17FN2O3/c1-3-16(11-6-4-10(14)5-7-11)12(17)8-15(2)9-13(18)19/h4-7H,3,8-9H2,1-2H3,(H,18,19). The lowest BCUT2D eigenvalue weighted by atomic mass is 10.2. The van der Waals surface area contributed by atoms with Crippen LogP contribution in [0.15, 0.2) is 24.3 Å². The van der Waals surface area contributed by atoms with E-state index in [1.54, 1.807) is 14.0 Å². The zero-order valence-corrected chi connectivity index (χ0v) is 11.0. The highest BCUT2D eigenvalue weighted by atomic mass is 19.1.